The average molecular weight is 607 g/mol. The van der Waals surface area contributed by atoms with Gasteiger partial charge in [0.15, 0.2) is 0 Å². The van der Waals surface area contributed by atoms with Gasteiger partial charge in [-0.05, 0) is 73.4 Å². The highest BCUT2D eigenvalue weighted by Crippen LogP contribution is 2.25. The molecular weight excluding hydrogens is 560 g/mol. The van der Waals surface area contributed by atoms with E-state index in [1.165, 1.54) is 17.1 Å². The minimum absolute atomic E-state index is 0.258. The Morgan fingerprint density at radius 1 is 0.837 bits per heavy atom. The maximum Gasteiger partial charge on any atom is 0.410 e. The Kier molecular flexibility index (Phi) is 11.7. The Bertz CT molecular complexity index is 1210. The van der Waals surface area contributed by atoms with E-state index in [1.807, 2.05) is 20.8 Å². The van der Waals surface area contributed by atoms with Crippen molar-refractivity contribution in [3.8, 4) is 0 Å². The number of aromatic nitrogens is 4. The molecule has 4 heterocycles. The van der Waals surface area contributed by atoms with E-state index in [-0.39, 0.29) is 18.6 Å². The number of aliphatic hydroxyl groups is 2. The van der Waals surface area contributed by atoms with Crippen molar-refractivity contribution in [2.45, 2.75) is 90.2 Å². The van der Waals surface area contributed by atoms with Gasteiger partial charge in [-0.15, -0.1) is 0 Å². The van der Waals surface area contributed by atoms with Gasteiger partial charge in [0.05, 0.1) is 61.0 Å². The van der Waals surface area contributed by atoms with Crippen molar-refractivity contribution in [2.75, 3.05) is 39.4 Å². The van der Waals surface area contributed by atoms with Crippen LogP contribution in [0.25, 0.3) is 0 Å². The number of hydrogen-bond acceptors (Lipinski definition) is 11. The number of likely N-dealkylation sites (tertiary alicyclic amines) is 1. The SMILES string of the molecule is CCOC(=O)c1cnn(CC2(O)CCN(C(=O)OC(C)(C)C)CC2)c1.CCOC(=O)c1cnn(CC2(O)CCNCC2)c1. The molecule has 43 heavy (non-hydrogen) atoms. The van der Waals surface area contributed by atoms with Gasteiger partial charge >= 0.3 is 18.0 Å². The summed E-state index contributed by atoms with van der Waals surface area (Å²) >= 11 is 0. The Hall–Kier alpha value is -3.49. The van der Waals surface area contributed by atoms with Crippen molar-refractivity contribution < 1.29 is 38.8 Å². The summed E-state index contributed by atoms with van der Waals surface area (Å²) in [7, 11) is 0. The number of piperidine rings is 2. The molecule has 2 aromatic heterocycles. The van der Waals surface area contributed by atoms with Gasteiger partial charge in [0.25, 0.3) is 0 Å². The van der Waals surface area contributed by atoms with Gasteiger partial charge < -0.3 is 34.6 Å². The lowest BCUT2D eigenvalue weighted by atomic mass is 9.91. The van der Waals surface area contributed by atoms with Gasteiger partial charge in [-0.3, -0.25) is 9.36 Å². The van der Waals surface area contributed by atoms with Crippen LogP contribution in [-0.2, 0) is 27.3 Å². The Balaban J connectivity index is 0.000000248. The van der Waals surface area contributed by atoms with E-state index in [1.54, 1.807) is 35.8 Å². The number of ether oxygens (including phenoxy) is 3. The highest BCUT2D eigenvalue weighted by atomic mass is 16.6. The summed E-state index contributed by atoms with van der Waals surface area (Å²) in [6.45, 7) is 12.7. The highest BCUT2D eigenvalue weighted by Gasteiger charge is 2.36. The quantitative estimate of drug-likeness (QED) is 0.297. The first-order valence-corrected chi connectivity index (χ1v) is 14.8. The van der Waals surface area contributed by atoms with E-state index in [0.717, 1.165) is 13.1 Å². The molecule has 0 spiro atoms. The van der Waals surface area contributed by atoms with Gasteiger partial charge in [-0.25, -0.2) is 14.4 Å². The third-order valence-electron chi connectivity index (χ3n) is 7.08. The Morgan fingerprint density at radius 2 is 1.28 bits per heavy atom. The molecule has 2 aliphatic heterocycles. The summed E-state index contributed by atoms with van der Waals surface area (Å²) in [5.41, 5.74) is -1.46. The molecule has 0 radical (unpaired) electrons. The lowest BCUT2D eigenvalue weighted by Gasteiger charge is -2.38. The molecule has 4 rings (SSSR count). The zero-order valence-electron chi connectivity index (χ0n) is 25.9. The van der Waals surface area contributed by atoms with Crippen molar-refractivity contribution in [1.82, 2.24) is 29.8 Å². The van der Waals surface area contributed by atoms with Crippen LogP contribution in [0.1, 0.15) is 81.0 Å². The van der Waals surface area contributed by atoms with E-state index in [0.29, 0.717) is 69.7 Å². The summed E-state index contributed by atoms with van der Waals surface area (Å²) in [5, 5.41) is 32.5. The van der Waals surface area contributed by atoms with Crippen LogP contribution in [0.3, 0.4) is 0 Å². The van der Waals surface area contributed by atoms with Crippen molar-refractivity contribution in [2.24, 2.45) is 0 Å². The van der Waals surface area contributed by atoms with E-state index >= 15 is 0 Å². The molecule has 0 unspecified atom stereocenters. The molecule has 2 aromatic rings. The summed E-state index contributed by atoms with van der Waals surface area (Å²) < 4.78 is 18.3. The molecule has 1 amide bonds. The van der Waals surface area contributed by atoms with Crippen LogP contribution >= 0.6 is 0 Å². The molecule has 0 bridgehead atoms. The van der Waals surface area contributed by atoms with Crippen molar-refractivity contribution in [1.29, 1.82) is 0 Å². The molecule has 14 nitrogen and oxygen atoms in total. The van der Waals surface area contributed by atoms with Gasteiger partial charge in [0.2, 0.25) is 0 Å². The zero-order valence-corrected chi connectivity index (χ0v) is 25.9. The van der Waals surface area contributed by atoms with Crippen LogP contribution in [0.4, 0.5) is 4.79 Å². The molecule has 14 heteroatoms. The largest absolute Gasteiger partial charge is 0.462 e. The number of nitrogens with zero attached hydrogens (tertiary/aromatic N) is 5. The second-order valence-corrected chi connectivity index (χ2v) is 12.0. The fourth-order valence-corrected chi connectivity index (χ4v) is 4.78. The minimum atomic E-state index is -0.976. The van der Waals surface area contributed by atoms with E-state index < -0.39 is 22.8 Å². The number of hydrogen-bond donors (Lipinski definition) is 3. The molecule has 2 saturated heterocycles. The van der Waals surface area contributed by atoms with Crippen LogP contribution in [0, 0.1) is 0 Å². The first-order chi connectivity index (χ1) is 20.2. The Morgan fingerprint density at radius 3 is 1.70 bits per heavy atom. The van der Waals surface area contributed by atoms with Crippen LogP contribution in [-0.4, -0.2) is 109 Å². The number of carbonyl (C=O) groups is 3. The molecule has 0 saturated carbocycles. The molecular formula is C29H46N6O8. The predicted octanol–water partition coefficient (Wildman–Crippen LogP) is 2.00. The number of carbonyl (C=O) groups excluding carboxylic acids is 3. The predicted molar refractivity (Wildman–Crippen MR) is 155 cm³/mol. The second kappa shape index (κ2) is 14.8. The molecule has 240 valence electrons. The monoisotopic (exact) mass is 606 g/mol. The molecule has 0 atom stereocenters. The van der Waals surface area contributed by atoms with E-state index in [9.17, 15) is 24.6 Å². The Labute approximate surface area is 252 Å². The molecule has 0 aromatic carbocycles. The highest BCUT2D eigenvalue weighted by molar-refractivity contribution is 5.89. The summed E-state index contributed by atoms with van der Waals surface area (Å²) in [6, 6.07) is 0. The maximum atomic E-state index is 12.1. The summed E-state index contributed by atoms with van der Waals surface area (Å²) in [6.07, 6.45) is 7.96. The first kappa shape index (κ1) is 34.0. The number of nitrogens with one attached hydrogen (secondary N) is 1. The topological polar surface area (TPSA) is 170 Å². The average Bonchev–Trinajstić information content (AvgIpc) is 3.58. The van der Waals surface area contributed by atoms with Gasteiger partial charge in [-0.2, -0.15) is 10.2 Å². The maximum absolute atomic E-state index is 12.1. The van der Waals surface area contributed by atoms with Crippen LogP contribution in [0.5, 0.6) is 0 Å². The minimum Gasteiger partial charge on any atom is -0.462 e. The fraction of sp³-hybridized carbons (Fsp3) is 0.690. The standard InChI is InChI=1S/C17H27N3O5.C12H19N3O3/c1-5-24-14(21)13-10-18-20(11-13)12-17(23)6-8-19(9-7-17)15(22)25-16(2,3)4;1-2-18-11(16)10-7-14-15(8-10)9-12(17)3-5-13-6-4-12/h10-11,23H,5-9,12H2,1-4H3;7-8,13,17H,2-6,9H2,1H3. The zero-order chi connectivity index (χ0) is 31.7. The number of amides is 1. The second-order valence-electron chi connectivity index (χ2n) is 12.0. The van der Waals surface area contributed by atoms with Gasteiger partial charge in [-0.1, -0.05) is 0 Å². The smallest absolute Gasteiger partial charge is 0.410 e. The summed E-state index contributed by atoms with van der Waals surface area (Å²) in [4.78, 5) is 36.8. The van der Waals surface area contributed by atoms with Crippen LogP contribution in [0.2, 0.25) is 0 Å². The van der Waals surface area contributed by atoms with Crippen molar-refractivity contribution >= 4 is 18.0 Å². The lowest BCUT2D eigenvalue weighted by Crippen LogP contribution is -2.49. The number of rotatable bonds is 8. The number of esters is 2. The normalized spacial score (nSPS) is 17.8. The molecule has 2 aliphatic rings. The van der Waals surface area contributed by atoms with Crippen LogP contribution in [0.15, 0.2) is 24.8 Å². The van der Waals surface area contributed by atoms with E-state index in [2.05, 4.69) is 15.5 Å². The van der Waals surface area contributed by atoms with Crippen molar-refractivity contribution in [3.63, 3.8) is 0 Å². The first-order valence-electron chi connectivity index (χ1n) is 14.8. The molecule has 3 N–H and O–H groups in total. The molecule has 2 fully saturated rings. The van der Waals surface area contributed by atoms with Gasteiger partial charge in [0, 0.05) is 25.5 Å². The van der Waals surface area contributed by atoms with E-state index in [4.69, 9.17) is 14.2 Å². The van der Waals surface area contributed by atoms with Crippen molar-refractivity contribution in [3.05, 3.63) is 35.9 Å². The summed E-state index contributed by atoms with van der Waals surface area (Å²) in [5.74, 6) is -0.804. The lowest BCUT2D eigenvalue weighted by molar-refractivity contribution is -0.0432. The third kappa shape index (κ3) is 10.6. The van der Waals surface area contributed by atoms with Gasteiger partial charge in [0.1, 0.15) is 5.60 Å². The third-order valence-corrected chi connectivity index (χ3v) is 7.08. The molecule has 0 aliphatic carbocycles. The van der Waals surface area contributed by atoms with Crippen LogP contribution < -0.4 is 5.32 Å². The fourth-order valence-electron chi connectivity index (χ4n) is 4.78.